The number of hydrogen-bond acceptors (Lipinski definition) is 6. The highest BCUT2D eigenvalue weighted by molar-refractivity contribution is 7.18. The predicted molar refractivity (Wildman–Crippen MR) is 122 cm³/mol. The Labute approximate surface area is 190 Å². The highest BCUT2D eigenvalue weighted by atomic mass is 32.1. The van der Waals surface area contributed by atoms with Crippen molar-refractivity contribution in [3.05, 3.63) is 59.9 Å². The van der Waals surface area contributed by atoms with Crippen LogP contribution < -0.4 is 10.1 Å². The number of aromatic nitrogens is 2. The zero-order valence-electron chi connectivity index (χ0n) is 18.0. The van der Waals surface area contributed by atoms with Gasteiger partial charge in [-0.2, -0.15) is 0 Å². The number of unbranched alkanes of at least 4 members (excludes halogenated alkanes) is 1. The average molecular weight is 457 g/mol. The van der Waals surface area contributed by atoms with E-state index >= 15 is 0 Å². The van der Waals surface area contributed by atoms with Crippen molar-refractivity contribution in [2.45, 2.75) is 26.2 Å². The van der Waals surface area contributed by atoms with Gasteiger partial charge in [-0.15, -0.1) is 10.2 Å². The molecule has 0 aliphatic rings. The summed E-state index contributed by atoms with van der Waals surface area (Å²) in [5.74, 6) is -0.278. The maximum atomic E-state index is 13.5. The maximum Gasteiger partial charge on any atom is 0.253 e. The molecule has 0 fully saturated rings. The van der Waals surface area contributed by atoms with Crippen LogP contribution in [0.1, 0.15) is 36.5 Å². The van der Waals surface area contributed by atoms with E-state index in [9.17, 15) is 14.0 Å². The molecule has 0 radical (unpaired) electrons. The molecule has 1 aromatic heterocycles. The van der Waals surface area contributed by atoms with Crippen LogP contribution in [0.3, 0.4) is 0 Å². The van der Waals surface area contributed by atoms with Crippen molar-refractivity contribution >= 4 is 28.3 Å². The van der Waals surface area contributed by atoms with Crippen LogP contribution in [0, 0.1) is 5.82 Å². The Hall–Kier alpha value is -3.33. The van der Waals surface area contributed by atoms with Crippen LogP contribution in [0.5, 0.6) is 5.75 Å². The van der Waals surface area contributed by atoms with Gasteiger partial charge in [-0.1, -0.05) is 30.7 Å². The van der Waals surface area contributed by atoms with Crippen molar-refractivity contribution in [3.8, 4) is 16.3 Å². The lowest BCUT2D eigenvalue weighted by Gasteiger charge is -2.22. The van der Waals surface area contributed by atoms with Gasteiger partial charge in [-0.05, 0) is 48.9 Å². The van der Waals surface area contributed by atoms with E-state index in [2.05, 4.69) is 15.5 Å². The third-order valence-electron chi connectivity index (χ3n) is 4.76. The molecule has 168 valence electrons. The molecule has 0 saturated carbocycles. The Morgan fingerprint density at radius 2 is 1.91 bits per heavy atom. The molecule has 2 aromatic carbocycles. The lowest BCUT2D eigenvalue weighted by molar-refractivity contribution is -0.116. The number of rotatable bonds is 10. The Morgan fingerprint density at radius 3 is 2.59 bits per heavy atom. The zero-order chi connectivity index (χ0) is 22.9. The molecule has 0 saturated heterocycles. The number of methoxy groups -OCH3 is 1. The SMILES string of the molecule is CCCCN(CCC(=O)Nc1nnc(-c2ccc(OC)cc2)s1)C(=O)c1cccc(F)c1. The molecule has 1 heterocycles. The molecule has 9 heteroatoms. The van der Waals surface area contributed by atoms with E-state index in [-0.39, 0.29) is 30.3 Å². The average Bonchev–Trinajstić information content (AvgIpc) is 3.27. The van der Waals surface area contributed by atoms with Gasteiger partial charge in [0.2, 0.25) is 11.0 Å². The van der Waals surface area contributed by atoms with Crippen molar-refractivity contribution in [2.24, 2.45) is 0 Å². The molecule has 3 aromatic rings. The van der Waals surface area contributed by atoms with Crippen LogP contribution in [-0.4, -0.2) is 47.1 Å². The van der Waals surface area contributed by atoms with E-state index in [1.54, 1.807) is 18.1 Å². The van der Waals surface area contributed by atoms with Crippen LogP contribution >= 0.6 is 11.3 Å². The number of nitrogens with one attached hydrogen (secondary N) is 1. The lowest BCUT2D eigenvalue weighted by Crippen LogP contribution is -2.34. The molecule has 0 aliphatic heterocycles. The zero-order valence-corrected chi connectivity index (χ0v) is 18.8. The van der Waals surface area contributed by atoms with Gasteiger partial charge in [0.15, 0.2) is 0 Å². The second kappa shape index (κ2) is 11.3. The fourth-order valence-corrected chi connectivity index (χ4v) is 3.78. The molecule has 2 amide bonds. The van der Waals surface area contributed by atoms with Gasteiger partial charge in [-0.25, -0.2) is 4.39 Å². The molecule has 32 heavy (non-hydrogen) atoms. The largest absolute Gasteiger partial charge is 0.497 e. The van der Waals surface area contributed by atoms with Gasteiger partial charge in [-0.3, -0.25) is 9.59 Å². The molecular weight excluding hydrogens is 431 g/mol. The van der Waals surface area contributed by atoms with Gasteiger partial charge >= 0.3 is 0 Å². The van der Waals surface area contributed by atoms with E-state index in [4.69, 9.17) is 4.74 Å². The minimum Gasteiger partial charge on any atom is -0.497 e. The summed E-state index contributed by atoms with van der Waals surface area (Å²) in [6.45, 7) is 2.75. The third kappa shape index (κ3) is 6.34. The number of halogens is 1. The molecule has 0 spiro atoms. The predicted octanol–water partition coefficient (Wildman–Crippen LogP) is 4.62. The molecule has 1 N–H and O–H groups in total. The minimum absolute atomic E-state index is 0.0994. The van der Waals surface area contributed by atoms with Crippen LogP contribution in [0.2, 0.25) is 0 Å². The number of benzene rings is 2. The first kappa shape index (κ1) is 23.3. The number of amides is 2. The number of anilines is 1. The molecular formula is C23H25FN4O3S. The molecule has 0 bridgehead atoms. The Balaban J connectivity index is 1.59. The first-order valence-corrected chi connectivity index (χ1v) is 11.1. The molecule has 3 rings (SSSR count). The second-order valence-corrected chi connectivity index (χ2v) is 8.07. The van der Waals surface area contributed by atoms with E-state index in [0.29, 0.717) is 16.7 Å². The normalized spacial score (nSPS) is 10.6. The number of carbonyl (C=O) groups excluding carboxylic acids is 2. The van der Waals surface area contributed by atoms with E-state index < -0.39 is 5.82 Å². The summed E-state index contributed by atoms with van der Waals surface area (Å²) in [7, 11) is 1.60. The lowest BCUT2D eigenvalue weighted by atomic mass is 10.1. The van der Waals surface area contributed by atoms with E-state index in [0.717, 1.165) is 24.2 Å². The van der Waals surface area contributed by atoms with Crippen molar-refractivity contribution in [1.82, 2.24) is 15.1 Å². The topological polar surface area (TPSA) is 84.4 Å². The van der Waals surface area contributed by atoms with Gasteiger partial charge in [0.1, 0.15) is 16.6 Å². The van der Waals surface area contributed by atoms with Crippen molar-refractivity contribution < 1.29 is 18.7 Å². The summed E-state index contributed by atoms with van der Waals surface area (Å²) < 4.78 is 18.7. The molecule has 7 nitrogen and oxygen atoms in total. The maximum absolute atomic E-state index is 13.5. The minimum atomic E-state index is -0.465. The molecule has 0 unspecified atom stereocenters. The van der Waals surface area contributed by atoms with Crippen molar-refractivity contribution in [2.75, 3.05) is 25.5 Å². The highest BCUT2D eigenvalue weighted by Crippen LogP contribution is 2.27. The Morgan fingerprint density at radius 1 is 1.12 bits per heavy atom. The first-order chi connectivity index (χ1) is 15.5. The summed E-state index contributed by atoms with van der Waals surface area (Å²) in [6.07, 6.45) is 1.80. The molecule has 0 aliphatic carbocycles. The van der Waals surface area contributed by atoms with Gasteiger partial charge in [0.25, 0.3) is 5.91 Å². The van der Waals surface area contributed by atoms with Crippen LogP contribution in [-0.2, 0) is 4.79 Å². The van der Waals surface area contributed by atoms with Crippen LogP contribution in [0.4, 0.5) is 9.52 Å². The molecule has 0 atom stereocenters. The number of ether oxygens (including phenoxy) is 1. The summed E-state index contributed by atoms with van der Waals surface area (Å²) in [6, 6.07) is 13.0. The van der Waals surface area contributed by atoms with Gasteiger partial charge in [0, 0.05) is 30.6 Å². The monoisotopic (exact) mass is 456 g/mol. The smallest absolute Gasteiger partial charge is 0.253 e. The number of carbonyl (C=O) groups is 2. The standard InChI is InChI=1S/C23H25FN4O3S/c1-3-4-13-28(22(30)17-6-5-7-18(24)15-17)14-12-20(29)25-23-27-26-21(32-23)16-8-10-19(31-2)11-9-16/h5-11,15H,3-4,12-14H2,1-2H3,(H,25,27,29). The fraction of sp³-hybridized carbons (Fsp3) is 0.304. The summed E-state index contributed by atoms with van der Waals surface area (Å²) in [5.41, 5.74) is 1.14. The third-order valence-corrected chi connectivity index (χ3v) is 5.65. The second-order valence-electron chi connectivity index (χ2n) is 7.10. The van der Waals surface area contributed by atoms with Crippen LogP contribution in [0.25, 0.3) is 10.6 Å². The van der Waals surface area contributed by atoms with Crippen LogP contribution in [0.15, 0.2) is 48.5 Å². The van der Waals surface area contributed by atoms with Gasteiger partial charge in [0.05, 0.1) is 7.11 Å². The summed E-state index contributed by atoms with van der Waals surface area (Å²) in [4.78, 5) is 26.8. The first-order valence-electron chi connectivity index (χ1n) is 10.3. The van der Waals surface area contributed by atoms with Crippen molar-refractivity contribution in [1.29, 1.82) is 0 Å². The number of hydrogen-bond donors (Lipinski definition) is 1. The van der Waals surface area contributed by atoms with Crippen molar-refractivity contribution in [3.63, 3.8) is 0 Å². The summed E-state index contributed by atoms with van der Waals surface area (Å²) >= 11 is 1.26. The Kier molecular flexibility index (Phi) is 8.27. The summed E-state index contributed by atoms with van der Waals surface area (Å²) in [5, 5.41) is 11.9. The van der Waals surface area contributed by atoms with E-state index in [1.165, 1.54) is 29.5 Å². The van der Waals surface area contributed by atoms with E-state index in [1.807, 2.05) is 31.2 Å². The quantitative estimate of drug-likeness (QED) is 0.481. The van der Waals surface area contributed by atoms with Gasteiger partial charge < -0.3 is 15.0 Å². The highest BCUT2D eigenvalue weighted by Gasteiger charge is 2.18. The fourth-order valence-electron chi connectivity index (χ4n) is 3.01. The Bertz CT molecular complexity index is 1060. The number of nitrogens with zero attached hydrogens (tertiary/aromatic N) is 3.